The fourth-order valence-corrected chi connectivity index (χ4v) is 5.15. The van der Waals surface area contributed by atoms with Gasteiger partial charge in [-0.3, -0.25) is 0 Å². The summed E-state index contributed by atoms with van der Waals surface area (Å²) < 4.78 is 259. The van der Waals surface area contributed by atoms with E-state index >= 15 is 13.2 Å². The van der Waals surface area contributed by atoms with E-state index in [0.717, 1.165) is 0 Å². The third kappa shape index (κ3) is 4.45. The molecule has 0 fully saturated rings. The van der Waals surface area contributed by atoms with Crippen molar-refractivity contribution >= 4 is 39.8 Å². The predicted molar refractivity (Wildman–Crippen MR) is 125 cm³/mol. The van der Waals surface area contributed by atoms with Crippen LogP contribution in [-0.2, 0) is 12.4 Å². The highest BCUT2D eigenvalue weighted by atomic mass is 19.4. The number of benzene rings is 3. The van der Waals surface area contributed by atoms with E-state index in [-0.39, 0.29) is 0 Å². The van der Waals surface area contributed by atoms with Crippen LogP contribution in [0.3, 0.4) is 0 Å². The van der Waals surface area contributed by atoms with Gasteiger partial charge in [-0.25, -0.2) is 68.0 Å². The Bertz CT molecular complexity index is 2300. The van der Waals surface area contributed by atoms with E-state index in [2.05, 4.69) is 15.3 Å². The molecule has 6 aromatic rings. The van der Waals surface area contributed by atoms with E-state index in [1.165, 1.54) is 0 Å². The summed E-state index contributed by atoms with van der Waals surface area (Å²) in [6, 6.07) is 0. The second-order valence-corrected chi connectivity index (χ2v) is 9.90. The Kier molecular flexibility index (Phi) is 7.19. The normalized spacial score (nSPS) is 13.0. The van der Waals surface area contributed by atoms with E-state index < -0.39 is 153 Å². The lowest BCUT2D eigenvalue weighted by molar-refractivity contribution is -0.140. The Morgan fingerprint density at radius 1 is 0.388 bits per heavy atom. The second-order valence-electron chi connectivity index (χ2n) is 9.90. The highest BCUT2D eigenvalue weighted by Gasteiger charge is 2.44. The van der Waals surface area contributed by atoms with Crippen LogP contribution in [0.5, 0.6) is 0 Å². The Hall–Kier alpha value is -5.13. The molecule has 0 spiro atoms. The summed E-state index contributed by atoms with van der Waals surface area (Å²) in [5, 5.41) is 2.55. The summed E-state index contributed by atoms with van der Waals surface area (Å²) in [5.74, 6) is -33.4. The van der Waals surface area contributed by atoms with Crippen molar-refractivity contribution < 1.29 is 79.0 Å². The van der Waals surface area contributed by atoms with E-state index in [1.807, 2.05) is 0 Å². The number of aryl methyl sites for hydroxylation is 1. The third-order valence-corrected chi connectivity index (χ3v) is 7.12. The van der Waals surface area contributed by atoms with Crippen LogP contribution >= 0.6 is 0 Å². The minimum absolute atomic E-state index is 0.512. The molecule has 0 N–H and O–H groups in total. The zero-order valence-electron chi connectivity index (χ0n) is 22.6. The molecular weight excluding hydrogens is 725 g/mol. The summed E-state index contributed by atoms with van der Waals surface area (Å²) in [6.07, 6.45) is -12.1. The van der Waals surface area contributed by atoms with Gasteiger partial charge in [0.1, 0.15) is 0 Å². The Balaban J connectivity index is 1.95. The standard InChI is InChI=1S/C24H3BF18N6/c1-2-3-6(26)9(29)12(32)15(35)18(3)47(44-2)25(48-19-4(21(45-48)23(38,39)40)7(27)10(30)13(33)16(19)36)49-20-5(22(46-49)24(41,42)43)8(28)11(31)14(34)17(20)37/h1H3/q-1. The van der Waals surface area contributed by atoms with Crippen LogP contribution in [-0.4, -0.2) is 36.2 Å². The maximum atomic E-state index is 15.3. The maximum absolute atomic E-state index is 15.3. The summed E-state index contributed by atoms with van der Waals surface area (Å²) >= 11 is 0. The van der Waals surface area contributed by atoms with Crippen LogP contribution in [0.25, 0.3) is 32.7 Å². The first-order valence-corrected chi connectivity index (χ1v) is 12.4. The molecule has 0 aliphatic heterocycles. The molecule has 6 rings (SSSR count). The number of hydrogen-bond acceptors (Lipinski definition) is 3. The van der Waals surface area contributed by atoms with Crippen molar-refractivity contribution in [2.24, 2.45) is 0 Å². The van der Waals surface area contributed by atoms with E-state index in [1.54, 1.807) is 0 Å². The molecule has 0 unspecified atom stereocenters. The molecule has 0 saturated heterocycles. The largest absolute Gasteiger partial charge is 0.435 e. The molecule has 49 heavy (non-hydrogen) atoms. The van der Waals surface area contributed by atoms with Crippen molar-refractivity contribution in [3.05, 3.63) is 86.9 Å². The SMILES string of the molecule is Cc1nn([B-](n2nc(C(F)(F)F)c3c(F)c(F)c(F)c(F)c32)n2nc(C(F)(F)F)c3c(F)c(F)c(F)c(F)c32)c2c(F)c(F)c(F)c(F)c12. The van der Waals surface area contributed by atoms with E-state index in [0.29, 0.717) is 6.92 Å². The number of alkyl halides is 6. The van der Waals surface area contributed by atoms with Gasteiger partial charge in [0.05, 0.1) is 38.4 Å². The molecule has 0 aliphatic carbocycles. The fraction of sp³-hybridized carbons (Fsp3) is 0.125. The second kappa shape index (κ2) is 10.4. The van der Waals surface area contributed by atoms with Gasteiger partial charge >= 0.3 is 12.4 Å². The van der Waals surface area contributed by atoms with Gasteiger partial charge in [-0.15, -0.1) is 0 Å². The molecule has 3 aromatic heterocycles. The molecule has 3 aromatic carbocycles. The molecule has 0 saturated carbocycles. The van der Waals surface area contributed by atoms with Crippen LogP contribution in [0.1, 0.15) is 17.1 Å². The lowest BCUT2D eigenvalue weighted by atomic mass is 9.92. The molecule has 1 radical (unpaired) electrons. The summed E-state index contributed by atoms with van der Waals surface area (Å²) in [4.78, 5) is 0. The minimum atomic E-state index is -6.05. The Labute approximate surface area is 254 Å². The quantitative estimate of drug-likeness (QED) is 0.0814. The van der Waals surface area contributed by atoms with Crippen LogP contribution in [0, 0.1) is 76.7 Å². The van der Waals surface area contributed by atoms with Gasteiger partial charge < -0.3 is 13.8 Å². The zero-order chi connectivity index (χ0) is 36.6. The van der Waals surface area contributed by atoms with Crippen LogP contribution in [0.4, 0.5) is 79.0 Å². The number of hydrogen-bond donors (Lipinski definition) is 0. The number of halogens is 18. The van der Waals surface area contributed by atoms with Crippen molar-refractivity contribution in [1.82, 2.24) is 29.1 Å². The smallest absolute Gasteiger partial charge is 0.416 e. The topological polar surface area (TPSA) is 53.5 Å². The molecule has 0 aliphatic rings. The monoisotopic (exact) mass is 728 g/mol. The van der Waals surface area contributed by atoms with Gasteiger partial charge in [-0.2, -0.15) is 26.3 Å². The highest BCUT2D eigenvalue weighted by Crippen LogP contribution is 2.42. The van der Waals surface area contributed by atoms with Crippen LogP contribution in [0.15, 0.2) is 0 Å². The van der Waals surface area contributed by atoms with Gasteiger partial charge in [0.15, 0.2) is 81.2 Å². The van der Waals surface area contributed by atoms with Gasteiger partial charge in [-0.1, -0.05) is 0 Å². The lowest BCUT2D eigenvalue weighted by Crippen LogP contribution is -2.45. The number of fused-ring (bicyclic) bond motifs is 3. The van der Waals surface area contributed by atoms with Crippen LogP contribution < -0.4 is 0 Å². The fourth-order valence-electron chi connectivity index (χ4n) is 5.15. The van der Waals surface area contributed by atoms with E-state index in [4.69, 9.17) is 0 Å². The molecule has 259 valence electrons. The summed E-state index contributed by atoms with van der Waals surface area (Å²) in [5.41, 5.74) is -12.9. The molecule has 6 nitrogen and oxygen atoms in total. The first-order valence-electron chi connectivity index (χ1n) is 12.4. The van der Waals surface area contributed by atoms with Crippen molar-refractivity contribution in [2.45, 2.75) is 19.3 Å². The first kappa shape index (κ1) is 33.8. The number of nitrogens with zero attached hydrogens (tertiary/aromatic N) is 6. The Morgan fingerprint density at radius 3 is 0.980 bits per heavy atom. The lowest BCUT2D eigenvalue weighted by Gasteiger charge is -2.32. The average Bonchev–Trinajstić information content (AvgIpc) is 3.71. The number of aromatic nitrogens is 6. The molecule has 3 heterocycles. The van der Waals surface area contributed by atoms with Gasteiger partial charge in [0, 0.05) is 0 Å². The third-order valence-electron chi connectivity index (χ3n) is 7.12. The van der Waals surface area contributed by atoms with Crippen LogP contribution in [0.2, 0.25) is 0 Å². The summed E-state index contributed by atoms with van der Waals surface area (Å²) in [7, 11) is -3.58. The Morgan fingerprint density at radius 2 is 0.653 bits per heavy atom. The predicted octanol–water partition coefficient (Wildman–Crippen LogP) is 7.68. The summed E-state index contributed by atoms with van der Waals surface area (Å²) in [6.45, 7) is 0.616. The van der Waals surface area contributed by atoms with Gasteiger partial charge in [0.2, 0.25) is 0 Å². The maximum Gasteiger partial charge on any atom is 0.435 e. The molecular formula is C24H3BF18N6-. The average molecular weight is 728 g/mol. The first-order chi connectivity index (χ1) is 22.5. The van der Waals surface area contributed by atoms with Gasteiger partial charge in [-0.05, 0) is 6.92 Å². The molecule has 25 heteroatoms. The van der Waals surface area contributed by atoms with Gasteiger partial charge in [0.25, 0.3) is 7.12 Å². The number of rotatable bonds is 3. The van der Waals surface area contributed by atoms with Crippen molar-refractivity contribution in [2.75, 3.05) is 0 Å². The van der Waals surface area contributed by atoms with Crippen molar-refractivity contribution in [3.8, 4) is 0 Å². The van der Waals surface area contributed by atoms with E-state index in [9.17, 15) is 65.9 Å². The molecule has 0 amide bonds. The van der Waals surface area contributed by atoms with Crippen molar-refractivity contribution in [1.29, 1.82) is 0 Å². The minimum Gasteiger partial charge on any atom is -0.416 e. The van der Waals surface area contributed by atoms with Crippen molar-refractivity contribution in [3.63, 3.8) is 0 Å². The molecule has 0 bridgehead atoms. The highest BCUT2D eigenvalue weighted by molar-refractivity contribution is 6.56. The zero-order valence-corrected chi connectivity index (χ0v) is 22.6. The molecule has 0 atom stereocenters.